The summed E-state index contributed by atoms with van der Waals surface area (Å²) in [6.45, 7) is 0. The van der Waals surface area contributed by atoms with Gasteiger partial charge in [-0.25, -0.2) is 0 Å². The smallest absolute Gasteiger partial charge is 0.0194 e. The molecule has 0 aromatic rings. The molecule has 0 aromatic carbocycles. The molecule has 86 valence electrons. The lowest BCUT2D eigenvalue weighted by molar-refractivity contribution is 0.135. The first-order valence-electron chi connectivity index (χ1n) is 6.38. The van der Waals surface area contributed by atoms with Gasteiger partial charge in [-0.1, -0.05) is 0 Å². The summed E-state index contributed by atoms with van der Waals surface area (Å²) in [6.07, 6.45) is 7.06. The highest BCUT2D eigenvalue weighted by molar-refractivity contribution is 7.99. The molecule has 3 unspecified atom stereocenters. The van der Waals surface area contributed by atoms with Gasteiger partial charge in [0.05, 0.1) is 0 Å². The van der Waals surface area contributed by atoms with E-state index in [0.29, 0.717) is 0 Å². The molecule has 3 atom stereocenters. The molecule has 2 nitrogen and oxygen atoms in total. The predicted molar refractivity (Wildman–Crippen MR) is 66.5 cm³/mol. The number of hydrogen-bond donors (Lipinski definition) is 1. The molecule has 3 fully saturated rings. The van der Waals surface area contributed by atoms with Gasteiger partial charge in [0.1, 0.15) is 0 Å². The second-order valence-electron chi connectivity index (χ2n) is 5.45. The monoisotopic (exact) mass is 226 g/mol. The number of piperidine rings is 1. The molecule has 3 heterocycles. The molecular weight excluding hydrogens is 204 g/mol. The van der Waals surface area contributed by atoms with Gasteiger partial charge in [0.2, 0.25) is 0 Å². The second kappa shape index (κ2) is 4.27. The van der Waals surface area contributed by atoms with E-state index in [1.54, 1.807) is 0 Å². The van der Waals surface area contributed by atoms with Crippen molar-refractivity contribution in [3.8, 4) is 0 Å². The van der Waals surface area contributed by atoms with Crippen LogP contribution >= 0.6 is 11.8 Å². The number of fused-ring (bicyclic) bond motifs is 2. The van der Waals surface area contributed by atoms with Crippen LogP contribution in [0, 0.1) is 0 Å². The third-order valence-corrected chi connectivity index (χ3v) is 5.65. The van der Waals surface area contributed by atoms with Gasteiger partial charge in [-0.15, -0.1) is 0 Å². The Morgan fingerprint density at radius 1 is 1.07 bits per heavy atom. The van der Waals surface area contributed by atoms with Gasteiger partial charge in [0.15, 0.2) is 0 Å². The van der Waals surface area contributed by atoms with E-state index in [1.165, 1.54) is 43.6 Å². The first-order valence-corrected chi connectivity index (χ1v) is 7.54. The van der Waals surface area contributed by atoms with Crippen molar-refractivity contribution in [2.24, 2.45) is 0 Å². The Hall–Kier alpha value is 0.270. The van der Waals surface area contributed by atoms with Crippen molar-refractivity contribution in [3.63, 3.8) is 0 Å². The van der Waals surface area contributed by atoms with Crippen LogP contribution in [0.1, 0.15) is 32.1 Å². The molecule has 3 rings (SSSR count). The Labute approximate surface area is 97.2 Å². The summed E-state index contributed by atoms with van der Waals surface area (Å²) in [6, 6.07) is 3.42. The Morgan fingerprint density at radius 2 is 1.80 bits per heavy atom. The van der Waals surface area contributed by atoms with Crippen LogP contribution in [0.4, 0.5) is 0 Å². The van der Waals surface area contributed by atoms with Crippen molar-refractivity contribution in [2.45, 2.75) is 56.3 Å². The maximum absolute atomic E-state index is 3.73. The highest BCUT2D eigenvalue weighted by Crippen LogP contribution is 2.32. The van der Waals surface area contributed by atoms with Crippen LogP contribution in [0.5, 0.6) is 0 Å². The predicted octanol–water partition coefficient (Wildman–Crippen LogP) is 1.71. The van der Waals surface area contributed by atoms with Crippen LogP contribution in [0.25, 0.3) is 0 Å². The minimum absolute atomic E-state index is 0.838. The number of rotatable bonds is 2. The fraction of sp³-hybridized carbons (Fsp3) is 1.00. The highest BCUT2D eigenvalue weighted by atomic mass is 32.2. The van der Waals surface area contributed by atoms with Crippen molar-refractivity contribution in [1.82, 2.24) is 10.2 Å². The molecule has 3 saturated heterocycles. The molecule has 1 N–H and O–H groups in total. The summed E-state index contributed by atoms with van der Waals surface area (Å²) in [7, 11) is 2.37. The average molecular weight is 226 g/mol. The Bertz CT molecular complexity index is 216. The van der Waals surface area contributed by atoms with Crippen LogP contribution in [0.3, 0.4) is 0 Å². The minimum atomic E-state index is 0.838. The lowest BCUT2D eigenvalue weighted by Crippen LogP contribution is -2.50. The normalized spacial score (nSPS) is 45.2. The van der Waals surface area contributed by atoms with Crippen LogP contribution in [0.15, 0.2) is 0 Å². The molecule has 2 bridgehead atoms. The molecule has 0 aliphatic carbocycles. The van der Waals surface area contributed by atoms with E-state index in [-0.39, 0.29) is 0 Å². The molecule has 15 heavy (non-hydrogen) atoms. The molecular formula is C12H22N2S. The van der Waals surface area contributed by atoms with Crippen molar-refractivity contribution in [1.29, 1.82) is 0 Å². The second-order valence-corrected chi connectivity index (χ2v) is 6.60. The van der Waals surface area contributed by atoms with Crippen LogP contribution in [-0.4, -0.2) is 47.6 Å². The standard InChI is InChI=1S/C12H22N2S/c1-14(11-4-5-15-8-11)12-6-9-2-3-10(7-12)13-9/h9-13H,2-8H2,1H3. The lowest BCUT2D eigenvalue weighted by atomic mass is 9.97. The summed E-state index contributed by atoms with van der Waals surface area (Å²) in [5.74, 6) is 2.75. The van der Waals surface area contributed by atoms with Gasteiger partial charge in [0.25, 0.3) is 0 Å². The quantitative estimate of drug-likeness (QED) is 0.771. The first kappa shape index (κ1) is 10.4. The third-order valence-electron chi connectivity index (χ3n) is 4.51. The zero-order valence-electron chi connectivity index (χ0n) is 9.61. The number of nitrogens with one attached hydrogen (secondary N) is 1. The highest BCUT2D eigenvalue weighted by Gasteiger charge is 2.37. The van der Waals surface area contributed by atoms with Gasteiger partial charge in [-0.05, 0) is 44.9 Å². The van der Waals surface area contributed by atoms with Crippen molar-refractivity contribution < 1.29 is 0 Å². The summed E-state index contributed by atoms with van der Waals surface area (Å²) in [5.41, 5.74) is 0. The fourth-order valence-electron chi connectivity index (χ4n) is 3.50. The Morgan fingerprint density at radius 3 is 2.40 bits per heavy atom. The van der Waals surface area contributed by atoms with Gasteiger partial charge in [-0.2, -0.15) is 11.8 Å². The SMILES string of the molecule is CN(C1CCSC1)C1CC2CCC(C1)N2. The molecule has 0 saturated carbocycles. The van der Waals surface area contributed by atoms with Gasteiger partial charge >= 0.3 is 0 Å². The lowest BCUT2D eigenvalue weighted by Gasteiger charge is -2.38. The largest absolute Gasteiger partial charge is 0.311 e. The number of hydrogen-bond acceptors (Lipinski definition) is 3. The zero-order chi connectivity index (χ0) is 10.3. The van der Waals surface area contributed by atoms with E-state index < -0.39 is 0 Å². The van der Waals surface area contributed by atoms with E-state index in [1.807, 2.05) is 0 Å². The van der Waals surface area contributed by atoms with Gasteiger partial charge < -0.3 is 5.32 Å². The maximum Gasteiger partial charge on any atom is 0.0194 e. The first-order chi connectivity index (χ1) is 7.33. The van der Waals surface area contributed by atoms with Crippen molar-refractivity contribution >= 4 is 11.8 Å². The molecule has 0 spiro atoms. The summed E-state index contributed by atoms with van der Waals surface area (Å²) < 4.78 is 0. The molecule has 0 aromatic heterocycles. The van der Waals surface area contributed by atoms with Crippen molar-refractivity contribution in [3.05, 3.63) is 0 Å². The summed E-state index contributed by atoms with van der Waals surface area (Å²) >= 11 is 2.13. The van der Waals surface area contributed by atoms with Crippen LogP contribution in [-0.2, 0) is 0 Å². The van der Waals surface area contributed by atoms with E-state index in [4.69, 9.17) is 0 Å². The number of thioether (sulfide) groups is 1. The summed E-state index contributed by atoms with van der Waals surface area (Å²) in [4.78, 5) is 2.70. The third kappa shape index (κ3) is 2.06. The average Bonchev–Trinajstić information content (AvgIpc) is 2.87. The van der Waals surface area contributed by atoms with Crippen LogP contribution in [0.2, 0.25) is 0 Å². The maximum atomic E-state index is 3.73. The van der Waals surface area contributed by atoms with Gasteiger partial charge in [-0.3, -0.25) is 4.90 Å². The van der Waals surface area contributed by atoms with Gasteiger partial charge in [0, 0.05) is 29.9 Å². The van der Waals surface area contributed by atoms with E-state index in [0.717, 1.165) is 24.2 Å². The van der Waals surface area contributed by atoms with E-state index in [2.05, 4.69) is 29.0 Å². The topological polar surface area (TPSA) is 15.3 Å². The molecule has 3 heteroatoms. The number of nitrogens with zero attached hydrogens (tertiary/aromatic N) is 1. The fourth-order valence-corrected chi connectivity index (χ4v) is 4.78. The van der Waals surface area contributed by atoms with E-state index >= 15 is 0 Å². The van der Waals surface area contributed by atoms with Crippen molar-refractivity contribution in [2.75, 3.05) is 18.6 Å². The molecule has 0 radical (unpaired) electrons. The Kier molecular flexibility index (Phi) is 2.97. The zero-order valence-corrected chi connectivity index (χ0v) is 10.4. The Balaban J connectivity index is 1.61. The van der Waals surface area contributed by atoms with E-state index in [9.17, 15) is 0 Å². The minimum Gasteiger partial charge on any atom is -0.311 e. The summed E-state index contributed by atoms with van der Waals surface area (Å²) in [5, 5.41) is 3.73. The van der Waals surface area contributed by atoms with Crippen LogP contribution < -0.4 is 5.32 Å². The molecule has 3 aliphatic rings. The molecule has 0 amide bonds. The molecule has 3 aliphatic heterocycles.